The lowest BCUT2D eigenvalue weighted by Crippen LogP contribution is -2.34. The number of fused-ring (bicyclic) bond motifs is 3. The van der Waals surface area contributed by atoms with Crippen LogP contribution < -0.4 is 21.4 Å². The zero-order valence-electron chi connectivity index (χ0n) is 17.3. The Hall–Kier alpha value is -4.63. The molecule has 6 heteroatoms. The number of anilines is 3. The number of hydrogen-bond acceptors (Lipinski definition) is 5. The van der Waals surface area contributed by atoms with Crippen molar-refractivity contribution < 1.29 is 0 Å². The van der Waals surface area contributed by atoms with Crippen LogP contribution in [0.2, 0.25) is 0 Å². The number of rotatable bonds is 4. The minimum absolute atomic E-state index is 0.208. The maximum Gasteiger partial charge on any atom is 0.265 e. The highest BCUT2D eigenvalue weighted by molar-refractivity contribution is 5.82. The van der Waals surface area contributed by atoms with Crippen LogP contribution in [0, 0.1) is 18.3 Å². The third-order valence-corrected chi connectivity index (χ3v) is 5.44. The van der Waals surface area contributed by atoms with Crippen molar-refractivity contribution in [3.63, 3.8) is 0 Å². The first-order valence-electron chi connectivity index (χ1n) is 10.2. The lowest BCUT2D eigenvalue weighted by molar-refractivity contribution is 1.10. The fourth-order valence-corrected chi connectivity index (χ4v) is 3.78. The maximum absolute atomic E-state index is 13.3. The summed E-state index contributed by atoms with van der Waals surface area (Å²) in [5.41, 5.74) is 5.37. The summed E-state index contributed by atoms with van der Waals surface area (Å²) in [4.78, 5) is 17.8. The predicted molar refractivity (Wildman–Crippen MR) is 128 cm³/mol. The zero-order valence-corrected chi connectivity index (χ0v) is 17.3. The highest BCUT2D eigenvalue weighted by Crippen LogP contribution is 2.19. The summed E-state index contributed by atoms with van der Waals surface area (Å²) in [6.45, 7) is 1.78. The van der Waals surface area contributed by atoms with Crippen LogP contribution in [-0.4, -0.2) is 9.38 Å². The molecule has 3 aromatic carbocycles. The van der Waals surface area contributed by atoms with E-state index in [0.29, 0.717) is 33.0 Å². The molecule has 5 rings (SSSR count). The Morgan fingerprint density at radius 2 is 1.56 bits per heavy atom. The lowest BCUT2D eigenvalue weighted by Gasteiger charge is -2.08. The molecule has 154 valence electrons. The molecule has 0 aliphatic carbocycles. The van der Waals surface area contributed by atoms with Gasteiger partial charge >= 0.3 is 0 Å². The summed E-state index contributed by atoms with van der Waals surface area (Å²) in [6, 6.07) is 27.3. The van der Waals surface area contributed by atoms with E-state index < -0.39 is 0 Å². The molecule has 2 aromatic heterocycles. The number of imidazole rings is 1. The van der Waals surface area contributed by atoms with Crippen LogP contribution in [0.1, 0.15) is 11.1 Å². The Labute approximate surface area is 184 Å². The first kappa shape index (κ1) is 19.3. The van der Waals surface area contributed by atoms with Crippen molar-refractivity contribution in [2.75, 3.05) is 10.6 Å². The van der Waals surface area contributed by atoms with Crippen LogP contribution >= 0.6 is 0 Å². The van der Waals surface area contributed by atoms with Crippen LogP contribution in [0.3, 0.4) is 0 Å². The fraction of sp³-hybridized carbons (Fsp3) is 0.0385. The van der Waals surface area contributed by atoms with Crippen molar-refractivity contribution >= 4 is 39.9 Å². The van der Waals surface area contributed by atoms with Gasteiger partial charge in [-0.1, -0.05) is 30.3 Å². The number of nitriles is 1. The van der Waals surface area contributed by atoms with Gasteiger partial charge in [-0.2, -0.15) is 5.26 Å². The van der Waals surface area contributed by atoms with Crippen LogP contribution in [0.25, 0.3) is 22.9 Å². The van der Waals surface area contributed by atoms with Gasteiger partial charge in [0, 0.05) is 23.3 Å². The van der Waals surface area contributed by atoms with E-state index in [1.807, 2.05) is 78.9 Å². The van der Waals surface area contributed by atoms with Crippen LogP contribution in [-0.2, 0) is 0 Å². The van der Waals surface area contributed by atoms with Gasteiger partial charge in [0.25, 0.3) is 5.56 Å². The highest BCUT2D eigenvalue weighted by Gasteiger charge is 2.15. The average Bonchev–Trinajstić information content (AvgIpc) is 3.20. The third kappa shape index (κ3) is 3.32. The molecule has 0 saturated heterocycles. The maximum atomic E-state index is 13.3. The standard InChI is InChI=1S/C26H19N5O/c1-17-21(15-27)25-30-23-9-5-6-10-24(23)31(25)26(32)22(17)16-28-18-11-13-20(14-12-18)29-19-7-3-2-4-8-19/h2-14,16,28-29H,1H3/b22-16-. The first-order chi connectivity index (χ1) is 15.7. The molecule has 0 radical (unpaired) electrons. The molecular formula is C26H19N5O. The molecule has 0 aliphatic rings. The Morgan fingerprint density at radius 3 is 2.31 bits per heavy atom. The highest BCUT2D eigenvalue weighted by atomic mass is 16.1. The lowest BCUT2D eigenvalue weighted by atomic mass is 10.1. The van der Waals surface area contributed by atoms with Crippen LogP contribution in [0.4, 0.5) is 17.1 Å². The number of aromatic nitrogens is 2. The van der Waals surface area contributed by atoms with Gasteiger partial charge in [-0.25, -0.2) is 4.98 Å². The normalized spacial score (nSPS) is 11.6. The van der Waals surface area contributed by atoms with E-state index in [9.17, 15) is 10.1 Å². The first-order valence-corrected chi connectivity index (χ1v) is 10.2. The molecule has 0 spiro atoms. The smallest absolute Gasteiger partial charge is 0.265 e. The van der Waals surface area contributed by atoms with Gasteiger partial charge in [0.2, 0.25) is 0 Å². The Bertz CT molecular complexity index is 1600. The minimum Gasteiger partial charge on any atom is -0.361 e. The average molecular weight is 417 g/mol. The van der Waals surface area contributed by atoms with Gasteiger partial charge in [-0.05, 0) is 61.0 Å². The van der Waals surface area contributed by atoms with E-state index in [1.54, 1.807) is 13.1 Å². The van der Waals surface area contributed by atoms with Crippen molar-refractivity contribution in [2.24, 2.45) is 0 Å². The van der Waals surface area contributed by atoms with Crippen LogP contribution in [0.5, 0.6) is 0 Å². The third-order valence-electron chi connectivity index (χ3n) is 5.44. The number of pyridine rings is 1. The molecule has 32 heavy (non-hydrogen) atoms. The fourth-order valence-electron chi connectivity index (χ4n) is 3.78. The molecule has 0 fully saturated rings. The molecule has 0 bridgehead atoms. The van der Waals surface area contributed by atoms with Crippen LogP contribution in [0.15, 0.2) is 83.7 Å². The van der Waals surface area contributed by atoms with E-state index in [-0.39, 0.29) is 5.56 Å². The van der Waals surface area contributed by atoms with Gasteiger partial charge in [0.15, 0.2) is 5.65 Å². The molecule has 6 nitrogen and oxygen atoms in total. The van der Waals surface area contributed by atoms with E-state index in [4.69, 9.17) is 0 Å². The molecule has 0 aliphatic heterocycles. The topological polar surface area (TPSA) is 82.2 Å². The number of para-hydroxylation sites is 3. The summed E-state index contributed by atoms with van der Waals surface area (Å²) >= 11 is 0. The number of nitrogens with one attached hydrogen (secondary N) is 2. The molecule has 0 atom stereocenters. The van der Waals surface area contributed by atoms with Gasteiger partial charge in [0.05, 0.1) is 21.8 Å². The second kappa shape index (κ2) is 7.89. The van der Waals surface area contributed by atoms with E-state index in [2.05, 4.69) is 21.7 Å². The van der Waals surface area contributed by atoms with Crippen molar-refractivity contribution in [3.8, 4) is 6.07 Å². The number of benzene rings is 3. The zero-order chi connectivity index (χ0) is 22.1. The van der Waals surface area contributed by atoms with Crippen molar-refractivity contribution in [1.82, 2.24) is 9.38 Å². The molecule has 2 heterocycles. The second-order valence-electron chi connectivity index (χ2n) is 7.45. The summed E-state index contributed by atoms with van der Waals surface area (Å²) in [5, 5.41) is 16.7. The monoisotopic (exact) mass is 417 g/mol. The van der Waals surface area contributed by atoms with Crippen molar-refractivity contribution in [2.45, 2.75) is 6.92 Å². The Balaban J connectivity index is 1.53. The van der Waals surface area contributed by atoms with Gasteiger partial charge in [-0.3, -0.25) is 9.20 Å². The molecule has 0 amide bonds. The summed E-state index contributed by atoms with van der Waals surface area (Å²) in [5.74, 6) is 0. The van der Waals surface area contributed by atoms with Crippen molar-refractivity contribution in [3.05, 3.63) is 106 Å². The van der Waals surface area contributed by atoms with Gasteiger partial charge < -0.3 is 10.6 Å². The molecule has 5 aromatic rings. The van der Waals surface area contributed by atoms with Crippen molar-refractivity contribution in [1.29, 1.82) is 5.26 Å². The molecule has 0 saturated carbocycles. The largest absolute Gasteiger partial charge is 0.361 e. The number of hydrogen-bond donors (Lipinski definition) is 2. The van der Waals surface area contributed by atoms with E-state index >= 15 is 0 Å². The minimum atomic E-state index is -0.208. The van der Waals surface area contributed by atoms with Gasteiger partial charge in [-0.15, -0.1) is 0 Å². The molecular weight excluding hydrogens is 398 g/mol. The summed E-state index contributed by atoms with van der Waals surface area (Å²) in [7, 11) is 0. The Morgan fingerprint density at radius 1 is 0.906 bits per heavy atom. The second-order valence-corrected chi connectivity index (χ2v) is 7.45. The molecule has 0 unspecified atom stereocenters. The van der Waals surface area contributed by atoms with E-state index in [1.165, 1.54) is 4.40 Å². The quantitative estimate of drug-likeness (QED) is 0.455. The van der Waals surface area contributed by atoms with E-state index in [0.717, 1.165) is 17.1 Å². The number of nitrogens with zero attached hydrogens (tertiary/aromatic N) is 3. The summed E-state index contributed by atoms with van der Waals surface area (Å²) < 4.78 is 1.52. The Kier molecular flexibility index (Phi) is 4.77. The predicted octanol–water partition coefficient (Wildman–Crippen LogP) is 4.34. The van der Waals surface area contributed by atoms with Gasteiger partial charge in [0.1, 0.15) is 6.07 Å². The molecule has 2 N–H and O–H groups in total. The SMILES string of the molecule is Cc1c(C#N)c2nc3ccccc3n2c(=O)/c1=C\Nc1ccc(Nc2ccccc2)cc1. The summed E-state index contributed by atoms with van der Waals surface area (Å²) in [6.07, 6.45) is 1.66.